The molecular formula is C21H20Cl2N2O6. The average molecular weight is 467 g/mol. The Morgan fingerprint density at radius 2 is 1.81 bits per heavy atom. The van der Waals surface area contributed by atoms with Crippen molar-refractivity contribution in [2.24, 2.45) is 0 Å². The molecule has 1 heterocycles. The van der Waals surface area contributed by atoms with Gasteiger partial charge in [-0.3, -0.25) is 4.79 Å². The van der Waals surface area contributed by atoms with Crippen molar-refractivity contribution in [1.82, 2.24) is 10.2 Å². The third-order valence-electron chi connectivity index (χ3n) is 4.62. The van der Waals surface area contributed by atoms with Crippen molar-refractivity contribution < 1.29 is 29.0 Å². The fourth-order valence-electron chi connectivity index (χ4n) is 2.98. The summed E-state index contributed by atoms with van der Waals surface area (Å²) in [5.41, 5.74) is 0.724. The molecule has 1 saturated heterocycles. The van der Waals surface area contributed by atoms with E-state index in [0.29, 0.717) is 31.9 Å². The maximum absolute atomic E-state index is 12.4. The lowest BCUT2D eigenvalue weighted by Gasteiger charge is -2.26. The highest BCUT2D eigenvalue weighted by molar-refractivity contribution is 6.34. The molecular weight excluding hydrogens is 447 g/mol. The molecule has 10 heteroatoms. The molecule has 0 bridgehead atoms. The second kappa shape index (κ2) is 10.5. The minimum absolute atomic E-state index is 0.0249. The first-order valence-corrected chi connectivity index (χ1v) is 10.2. The number of carboxylic acids is 1. The van der Waals surface area contributed by atoms with Crippen LogP contribution in [-0.4, -0.2) is 60.3 Å². The summed E-state index contributed by atoms with van der Waals surface area (Å²) in [6.07, 6.45) is -0.559. The predicted molar refractivity (Wildman–Crippen MR) is 114 cm³/mol. The number of hydrogen-bond acceptors (Lipinski definition) is 5. The monoisotopic (exact) mass is 466 g/mol. The van der Waals surface area contributed by atoms with Gasteiger partial charge in [-0.1, -0.05) is 41.4 Å². The molecule has 0 aromatic heterocycles. The minimum atomic E-state index is -1.21. The number of morpholine rings is 1. The summed E-state index contributed by atoms with van der Waals surface area (Å²) in [4.78, 5) is 37.8. The Morgan fingerprint density at radius 1 is 1.10 bits per heavy atom. The van der Waals surface area contributed by atoms with Gasteiger partial charge in [-0.25, -0.2) is 9.59 Å². The maximum Gasteiger partial charge on any atom is 0.415 e. The van der Waals surface area contributed by atoms with Crippen LogP contribution in [0.1, 0.15) is 15.9 Å². The van der Waals surface area contributed by atoms with Crippen LogP contribution in [0.5, 0.6) is 5.75 Å². The van der Waals surface area contributed by atoms with E-state index in [2.05, 4.69) is 5.32 Å². The topological polar surface area (TPSA) is 105 Å². The van der Waals surface area contributed by atoms with Gasteiger partial charge in [0.1, 0.15) is 6.04 Å². The van der Waals surface area contributed by atoms with Crippen molar-refractivity contribution >= 4 is 41.2 Å². The first-order chi connectivity index (χ1) is 14.8. The number of ether oxygens (including phenoxy) is 2. The largest absolute Gasteiger partial charge is 0.480 e. The van der Waals surface area contributed by atoms with Gasteiger partial charge in [0.2, 0.25) is 0 Å². The Kier molecular flexibility index (Phi) is 7.73. The van der Waals surface area contributed by atoms with Crippen LogP contribution in [0.3, 0.4) is 0 Å². The van der Waals surface area contributed by atoms with Crippen molar-refractivity contribution in [1.29, 1.82) is 0 Å². The van der Waals surface area contributed by atoms with Gasteiger partial charge in [0.25, 0.3) is 5.91 Å². The molecule has 164 valence electrons. The zero-order valence-electron chi connectivity index (χ0n) is 16.3. The van der Waals surface area contributed by atoms with Gasteiger partial charge in [0, 0.05) is 19.5 Å². The zero-order valence-corrected chi connectivity index (χ0v) is 17.9. The van der Waals surface area contributed by atoms with Gasteiger partial charge < -0.3 is 24.8 Å². The van der Waals surface area contributed by atoms with Crippen LogP contribution in [0.25, 0.3) is 0 Å². The summed E-state index contributed by atoms with van der Waals surface area (Å²) in [5.74, 6) is -1.65. The number of nitrogens with zero attached hydrogens (tertiary/aromatic N) is 1. The number of aliphatic carboxylic acids is 1. The second-order valence-electron chi connectivity index (χ2n) is 6.78. The molecule has 1 unspecified atom stereocenters. The van der Waals surface area contributed by atoms with Gasteiger partial charge >= 0.3 is 12.1 Å². The van der Waals surface area contributed by atoms with E-state index >= 15 is 0 Å². The number of hydrogen-bond donors (Lipinski definition) is 2. The number of nitrogens with one attached hydrogen (secondary N) is 1. The van der Waals surface area contributed by atoms with E-state index in [9.17, 15) is 19.5 Å². The highest BCUT2D eigenvalue weighted by atomic mass is 35.5. The van der Waals surface area contributed by atoms with Gasteiger partial charge in [-0.2, -0.15) is 0 Å². The smallest absolute Gasteiger partial charge is 0.415 e. The molecule has 1 atom stereocenters. The Balaban J connectivity index is 1.66. The molecule has 2 aromatic carbocycles. The quantitative estimate of drug-likeness (QED) is 0.676. The lowest BCUT2D eigenvalue weighted by Crippen LogP contribution is -2.42. The summed E-state index contributed by atoms with van der Waals surface area (Å²) in [6, 6.07) is 9.73. The lowest BCUT2D eigenvalue weighted by molar-refractivity contribution is -0.139. The molecule has 2 amide bonds. The fraction of sp³-hybridized carbons (Fsp3) is 0.286. The Labute approximate surface area is 188 Å². The zero-order chi connectivity index (χ0) is 22.4. The van der Waals surface area contributed by atoms with E-state index in [1.54, 1.807) is 24.3 Å². The second-order valence-corrected chi connectivity index (χ2v) is 7.59. The summed E-state index contributed by atoms with van der Waals surface area (Å²) in [5, 5.41) is 12.4. The van der Waals surface area contributed by atoms with Crippen LogP contribution in [0.4, 0.5) is 4.79 Å². The molecule has 0 aliphatic carbocycles. The van der Waals surface area contributed by atoms with Crippen LogP contribution in [0.2, 0.25) is 10.0 Å². The Bertz CT molecular complexity index is 978. The number of amides is 2. The lowest BCUT2D eigenvalue weighted by atomic mass is 10.0. The van der Waals surface area contributed by atoms with Crippen molar-refractivity contribution in [2.45, 2.75) is 12.5 Å². The normalized spacial score (nSPS) is 14.6. The molecule has 0 saturated carbocycles. The molecule has 1 fully saturated rings. The van der Waals surface area contributed by atoms with E-state index in [-0.39, 0.29) is 27.8 Å². The molecule has 8 nitrogen and oxygen atoms in total. The summed E-state index contributed by atoms with van der Waals surface area (Å²) in [7, 11) is 0. The van der Waals surface area contributed by atoms with Crippen molar-refractivity contribution in [3.63, 3.8) is 0 Å². The predicted octanol–water partition coefficient (Wildman–Crippen LogP) is 3.25. The molecule has 0 spiro atoms. The fourth-order valence-corrected chi connectivity index (χ4v) is 3.44. The highest BCUT2D eigenvalue weighted by Crippen LogP contribution is 2.27. The Hall–Kier alpha value is -2.81. The highest BCUT2D eigenvalue weighted by Gasteiger charge is 2.23. The summed E-state index contributed by atoms with van der Waals surface area (Å²) < 4.78 is 10.5. The molecule has 1 aliphatic heterocycles. The Morgan fingerprint density at radius 3 is 2.45 bits per heavy atom. The number of carbonyl (C=O) groups excluding carboxylic acids is 2. The van der Waals surface area contributed by atoms with Gasteiger partial charge in [-0.05, 0) is 29.8 Å². The van der Waals surface area contributed by atoms with Crippen LogP contribution in [-0.2, 0) is 16.0 Å². The maximum atomic E-state index is 12.4. The molecule has 31 heavy (non-hydrogen) atoms. The average Bonchev–Trinajstić information content (AvgIpc) is 2.75. The number of benzene rings is 2. The molecule has 0 radical (unpaired) electrons. The van der Waals surface area contributed by atoms with E-state index in [1.807, 2.05) is 0 Å². The first-order valence-electron chi connectivity index (χ1n) is 9.46. The molecule has 3 rings (SSSR count). The van der Waals surface area contributed by atoms with Crippen molar-refractivity contribution in [3.8, 4) is 5.75 Å². The molecule has 2 N–H and O–H groups in total. The third-order valence-corrected chi connectivity index (χ3v) is 5.25. The standard InChI is InChI=1S/C21H20Cl2N2O6/c22-15-4-2-1-3-14(15)19(26)24-17(20(27)28)12-13-5-6-18(16(23)11-13)31-21(29)25-7-9-30-10-8-25/h1-6,11,17H,7-10,12H2,(H,24,26)(H,27,28). The SMILES string of the molecule is O=C(NC(Cc1ccc(OC(=O)N2CCOCC2)c(Cl)c1)C(=O)O)c1ccccc1Cl. The van der Waals surface area contributed by atoms with Crippen molar-refractivity contribution in [2.75, 3.05) is 26.3 Å². The van der Waals surface area contributed by atoms with Crippen LogP contribution < -0.4 is 10.1 Å². The number of carboxylic acid groups (broad SMARTS) is 1. The number of rotatable bonds is 6. The summed E-state index contributed by atoms with van der Waals surface area (Å²) >= 11 is 12.2. The van der Waals surface area contributed by atoms with E-state index < -0.39 is 24.0 Å². The number of carbonyl (C=O) groups is 3. The van der Waals surface area contributed by atoms with E-state index in [0.717, 1.165) is 0 Å². The van der Waals surface area contributed by atoms with Gasteiger partial charge in [0.15, 0.2) is 5.75 Å². The molecule has 1 aliphatic rings. The third kappa shape index (κ3) is 6.10. The van der Waals surface area contributed by atoms with Crippen LogP contribution in [0.15, 0.2) is 42.5 Å². The van der Waals surface area contributed by atoms with Crippen molar-refractivity contribution in [3.05, 3.63) is 63.6 Å². The van der Waals surface area contributed by atoms with E-state index in [4.69, 9.17) is 32.7 Å². The number of halogens is 2. The summed E-state index contributed by atoms with van der Waals surface area (Å²) in [6.45, 7) is 1.75. The van der Waals surface area contributed by atoms with Crippen LogP contribution in [0, 0.1) is 0 Å². The van der Waals surface area contributed by atoms with E-state index in [1.165, 1.54) is 23.1 Å². The first kappa shape index (κ1) is 22.9. The van der Waals surface area contributed by atoms with Crippen LogP contribution >= 0.6 is 23.2 Å². The van der Waals surface area contributed by atoms with Gasteiger partial charge in [-0.15, -0.1) is 0 Å². The molecule has 2 aromatic rings. The van der Waals surface area contributed by atoms with Gasteiger partial charge in [0.05, 0.1) is 28.8 Å². The minimum Gasteiger partial charge on any atom is -0.480 e.